The van der Waals surface area contributed by atoms with E-state index in [9.17, 15) is 19.7 Å². The van der Waals surface area contributed by atoms with Crippen LogP contribution >= 0.6 is 23.2 Å². The minimum atomic E-state index is -1.07. The molecular formula is C18H16Cl2N2O5. The fourth-order valence-electron chi connectivity index (χ4n) is 2.56. The quantitative estimate of drug-likeness (QED) is 0.509. The summed E-state index contributed by atoms with van der Waals surface area (Å²) < 4.78 is 0. The summed E-state index contributed by atoms with van der Waals surface area (Å²) in [5, 5.41) is 23.1. The second-order valence-electron chi connectivity index (χ2n) is 5.88. The van der Waals surface area contributed by atoms with Gasteiger partial charge in [-0.15, -0.1) is 0 Å². The monoisotopic (exact) mass is 410 g/mol. The first-order valence-electron chi connectivity index (χ1n) is 7.93. The van der Waals surface area contributed by atoms with E-state index in [0.29, 0.717) is 16.1 Å². The third-order valence-corrected chi connectivity index (χ3v) is 4.66. The highest BCUT2D eigenvalue weighted by Crippen LogP contribution is 2.25. The van der Waals surface area contributed by atoms with Crippen molar-refractivity contribution in [1.82, 2.24) is 5.32 Å². The van der Waals surface area contributed by atoms with E-state index >= 15 is 0 Å². The maximum Gasteiger partial charge on any atom is 0.305 e. The Hall–Kier alpha value is -2.64. The Bertz CT molecular complexity index is 855. The fourth-order valence-corrected chi connectivity index (χ4v) is 2.95. The summed E-state index contributed by atoms with van der Waals surface area (Å²) in [7, 11) is 0. The number of hydrogen-bond donors (Lipinski definition) is 2. The molecule has 2 aromatic rings. The number of nitrogens with zero attached hydrogens (tertiary/aromatic N) is 1. The number of nitrogens with one attached hydrogen (secondary N) is 1. The molecule has 1 unspecified atom stereocenters. The van der Waals surface area contributed by atoms with Gasteiger partial charge in [0.15, 0.2) is 0 Å². The number of carboxylic acid groups (broad SMARTS) is 1. The number of carbonyl (C=O) groups is 2. The molecule has 0 bridgehead atoms. The predicted molar refractivity (Wildman–Crippen MR) is 101 cm³/mol. The molecule has 0 saturated heterocycles. The maximum absolute atomic E-state index is 12.3. The van der Waals surface area contributed by atoms with Gasteiger partial charge in [-0.2, -0.15) is 0 Å². The second-order valence-corrected chi connectivity index (χ2v) is 6.66. The lowest BCUT2D eigenvalue weighted by molar-refractivity contribution is -0.384. The minimum Gasteiger partial charge on any atom is -0.481 e. The van der Waals surface area contributed by atoms with Crippen molar-refractivity contribution in [3.05, 3.63) is 73.8 Å². The molecule has 0 saturated carbocycles. The standard InChI is InChI=1S/C18H16Cl2N2O5/c19-15-3-1-2-12(18(15)20)9-16(23)21-13(10-17(24)25)8-11-4-6-14(7-5-11)22(26)27/h1-7,13H,8-10H2,(H,21,23)(H,24,25). The van der Waals surface area contributed by atoms with Crippen LogP contribution in [0, 0.1) is 10.1 Å². The molecule has 1 atom stereocenters. The summed E-state index contributed by atoms with van der Waals surface area (Å²) in [6.45, 7) is 0. The molecule has 2 aromatic carbocycles. The average Bonchev–Trinajstić information content (AvgIpc) is 2.58. The van der Waals surface area contributed by atoms with Gasteiger partial charge in [0.05, 0.1) is 27.8 Å². The zero-order valence-corrected chi connectivity index (χ0v) is 15.5. The van der Waals surface area contributed by atoms with Crippen molar-refractivity contribution < 1.29 is 19.6 Å². The van der Waals surface area contributed by atoms with Gasteiger partial charge in [0, 0.05) is 18.2 Å². The highest BCUT2D eigenvalue weighted by molar-refractivity contribution is 6.42. The Balaban J connectivity index is 2.06. The maximum atomic E-state index is 12.3. The van der Waals surface area contributed by atoms with Gasteiger partial charge in [0.2, 0.25) is 5.91 Å². The third kappa shape index (κ3) is 6.23. The normalized spacial score (nSPS) is 11.6. The number of nitro benzene ring substituents is 1. The molecule has 0 spiro atoms. The number of halogens is 2. The molecule has 7 nitrogen and oxygen atoms in total. The summed E-state index contributed by atoms with van der Waals surface area (Å²) in [6, 6.07) is 10.0. The number of amides is 1. The van der Waals surface area contributed by atoms with Crippen molar-refractivity contribution in [3.63, 3.8) is 0 Å². The first kappa shape index (κ1) is 20.7. The van der Waals surface area contributed by atoms with Crippen molar-refractivity contribution in [2.75, 3.05) is 0 Å². The van der Waals surface area contributed by atoms with Gasteiger partial charge >= 0.3 is 5.97 Å². The van der Waals surface area contributed by atoms with Crippen LogP contribution in [-0.4, -0.2) is 27.9 Å². The molecule has 27 heavy (non-hydrogen) atoms. The molecule has 0 aliphatic rings. The van der Waals surface area contributed by atoms with Crippen LogP contribution in [0.3, 0.4) is 0 Å². The van der Waals surface area contributed by atoms with Gasteiger partial charge in [-0.05, 0) is 23.6 Å². The van der Waals surface area contributed by atoms with E-state index in [-0.39, 0.29) is 30.0 Å². The lowest BCUT2D eigenvalue weighted by Crippen LogP contribution is -2.39. The van der Waals surface area contributed by atoms with Gasteiger partial charge in [0.1, 0.15) is 0 Å². The predicted octanol–water partition coefficient (Wildman–Crippen LogP) is 3.65. The lowest BCUT2D eigenvalue weighted by atomic mass is 10.0. The van der Waals surface area contributed by atoms with Gasteiger partial charge in [0.25, 0.3) is 5.69 Å². The highest BCUT2D eigenvalue weighted by atomic mass is 35.5. The number of hydrogen-bond acceptors (Lipinski definition) is 4. The Kier molecular flexibility index (Phi) is 7.15. The molecule has 0 aliphatic carbocycles. The highest BCUT2D eigenvalue weighted by Gasteiger charge is 2.18. The van der Waals surface area contributed by atoms with Gasteiger partial charge in [-0.25, -0.2) is 0 Å². The van der Waals surface area contributed by atoms with Crippen LogP contribution in [0.5, 0.6) is 0 Å². The molecule has 0 aromatic heterocycles. The summed E-state index contributed by atoms with van der Waals surface area (Å²) in [4.78, 5) is 33.6. The number of rotatable bonds is 8. The van der Waals surface area contributed by atoms with Crippen molar-refractivity contribution in [2.24, 2.45) is 0 Å². The molecule has 142 valence electrons. The Morgan fingerprint density at radius 2 is 1.81 bits per heavy atom. The Morgan fingerprint density at radius 1 is 1.15 bits per heavy atom. The summed E-state index contributed by atoms with van der Waals surface area (Å²) in [5.74, 6) is -1.46. The molecule has 0 aliphatic heterocycles. The zero-order chi connectivity index (χ0) is 20.0. The van der Waals surface area contributed by atoms with E-state index in [0.717, 1.165) is 0 Å². The molecule has 1 amide bonds. The van der Waals surface area contributed by atoms with E-state index in [1.807, 2.05) is 0 Å². The van der Waals surface area contributed by atoms with Crippen LogP contribution in [-0.2, 0) is 22.4 Å². The number of benzene rings is 2. The average molecular weight is 411 g/mol. The van der Waals surface area contributed by atoms with Gasteiger partial charge in [-0.1, -0.05) is 47.5 Å². The molecule has 2 N–H and O–H groups in total. The number of aliphatic carboxylic acids is 1. The second kappa shape index (κ2) is 9.34. The van der Waals surface area contributed by atoms with Crippen LogP contribution < -0.4 is 5.32 Å². The van der Waals surface area contributed by atoms with E-state index in [1.165, 1.54) is 24.3 Å². The largest absolute Gasteiger partial charge is 0.481 e. The number of carboxylic acids is 1. The zero-order valence-electron chi connectivity index (χ0n) is 14.0. The van der Waals surface area contributed by atoms with Crippen molar-refractivity contribution in [1.29, 1.82) is 0 Å². The SMILES string of the molecule is O=C(O)CC(Cc1ccc([N+](=O)[O-])cc1)NC(=O)Cc1cccc(Cl)c1Cl. The Morgan fingerprint density at radius 3 is 2.41 bits per heavy atom. The summed E-state index contributed by atoms with van der Waals surface area (Å²) >= 11 is 12.0. The van der Waals surface area contributed by atoms with E-state index < -0.39 is 22.8 Å². The molecule has 9 heteroatoms. The molecule has 0 radical (unpaired) electrons. The molecular weight excluding hydrogens is 395 g/mol. The first-order chi connectivity index (χ1) is 12.8. The van der Waals surface area contributed by atoms with Crippen LogP contribution in [0.2, 0.25) is 10.0 Å². The van der Waals surface area contributed by atoms with Crippen LogP contribution in [0.15, 0.2) is 42.5 Å². The van der Waals surface area contributed by atoms with Gasteiger partial charge in [-0.3, -0.25) is 19.7 Å². The smallest absolute Gasteiger partial charge is 0.305 e. The minimum absolute atomic E-state index is 0.0459. The van der Waals surface area contributed by atoms with Crippen molar-refractivity contribution >= 4 is 40.8 Å². The van der Waals surface area contributed by atoms with Crippen molar-refractivity contribution in [2.45, 2.75) is 25.3 Å². The van der Waals surface area contributed by atoms with E-state index in [2.05, 4.69) is 5.32 Å². The number of nitro groups is 1. The molecule has 0 fully saturated rings. The summed E-state index contributed by atoms with van der Waals surface area (Å²) in [6.07, 6.45) is -0.110. The lowest BCUT2D eigenvalue weighted by Gasteiger charge is -2.17. The topological polar surface area (TPSA) is 110 Å². The fraction of sp³-hybridized carbons (Fsp3) is 0.222. The van der Waals surface area contributed by atoms with Crippen LogP contribution in [0.25, 0.3) is 0 Å². The third-order valence-electron chi connectivity index (χ3n) is 3.80. The first-order valence-corrected chi connectivity index (χ1v) is 8.69. The molecule has 2 rings (SSSR count). The van der Waals surface area contributed by atoms with Crippen LogP contribution in [0.4, 0.5) is 5.69 Å². The summed E-state index contributed by atoms with van der Waals surface area (Å²) in [5.41, 5.74) is 1.15. The van der Waals surface area contributed by atoms with Gasteiger partial charge < -0.3 is 10.4 Å². The number of carbonyl (C=O) groups excluding carboxylic acids is 1. The van der Waals surface area contributed by atoms with E-state index in [4.69, 9.17) is 28.3 Å². The van der Waals surface area contributed by atoms with Crippen molar-refractivity contribution in [3.8, 4) is 0 Å². The van der Waals surface area contributed by atoms with E-state index in [1.54, 1.807) is 18.2 Å². The molecule has 0 heterocycles. The Labute approximate surface area is 165 Å². The van der Waals surface area contributed by atoms with Crippen LogP contribution in [0.1, 0.15) is 17.5 Å². The number of non-ortho nitro benzene ring substituents is 1.